The minimum Gasteiger partial charge on any atom is -0.354 e. The summed E-state index contributed by atoms with van der Waals surface area (Å²) in [6, 6.07) is 15.0. The third kappa shape index (κ3) is 2.13. The first kappa shape index (κ1) is 11.0. The van der Waals surface area contributed by atoms with Crippen molar-refractivity contribution < 1.29 is 4.52 Å². The molecule has 0 aliphatic carbocycles. The van der Waals surface area contributed by atoms with Crippen molar-refractivity contribution in [3.05, 3.63) is 59.8 Å². The number of rotatable bonds is 2. The van der Waals surface area contributed by atoms with Gasteiger partial charge in [0.05, 0.1) is 0 Å². The van der Waals surface area contributed by atoms with Gasteiger partial charge in [-0.2, -0.15) is 0 Å². The molecule has 88 valence electrons. The van der Waals surface area contributed by atoms with E-state index in [1.165, 1.54) is 0 Å². The Bertz CT molecular complexity index is 647. The van der Waals surface area contributed by atoms with E-state index in [1.807, 2.05) is 48.5 Å². The van der Waals surface area contributed by atoms with Crippen LogP contribution < -0.4 is 0 Å². The molecule has 18 heavy (non-hydrogen) atoms. The summed E-state index contributed by atoms with van der Waals surface area (Å²) in [6.07, 6.45) is 1.72. The number of hydrogen-bond donors (Lipinski definition) is 0. The maximum absolute atomic E-state index is 5.85. The lowest BCUT2D eigenvalue weighted by Crippen LogP contribution is -1.77. The molecule has 0 aliphatic rings. The van der Waals surface area contributed by atoms with Crippen LogP contribution in [0.15, 0.2) is 59.3 Å². The van der Waals surface area contributed by atoms with Gasteiger partial charge in [0.1, 0.15) is 11.4 Å². The molecule has 3 aromatic rings. The monoisotopic (exact) mass is 256 g/mol. The van der Waals surface area contributed by atoms with Gasteiger partial charge in [-0.1, -0.05) is 35.0 Å². The number of aromatic nitrogens is 2. The lowest BCUT2D eigenvalue weighted by molar-refractivity contribution is 0.433. The molecule has 0 saturated carbocycles. The molecule has 0 N–H and O–H groups in total. The van der Waals surface area contributed by atoms with E-state index in [9.17, 15) is 0 Å². The van der Waals surface area contributed by atoms with Gasteiger partial charge in [-0.3, -0.25) is 4.98 Å². The predicted octanol–water partition coefficient (Wildman–Crippen LogP) is 4.06. The summed E-state index contributed by atoms with van der Waals surface area (Å²) in [6.45, 7) is 0. The minimum atomic E-state index is 0.653. The van der Waals surface area contributed by atoms with Gasteiger partial charge in [0.25, 0.3) is 0 Å². The summed E-state index contributed by atoms with van der Waals surface area (Å²) >= 11 is 5.85. The largest absolute Gasteiger partial charge is 0.354 e. The first-order chi connectivity index (χ1) is 8.83. The van der Waals surface area contributed by atoms with E-state index in [2.05, 4.69) is 10.1 Å². The van der Waals surface area contributed by atoms with Crippen LogP contribution in [0.3, 0.4) is 0 Å². The van der Waals surface area contributed by atoms with Gasteiger partial charge in [0, 0.05) is 22.8 Å². The fourth-order valence-electron chi connectivity index (χ4n) is 1.66. The van der Waals surface area contributed by atoms with Gasteiger partial charge in [-0.05, 0) is 24.3 Å². The van der Waals surface area contributed by atoms with Crippen LogP contribution in [-0.4, -0.2) is 10.1 Å². The van der Waals surface area contributed by atoms with Crippen molar-refractivity contribution in [3.8, 4) is 22.7 Å². The second-order valence-corrected chi connectivity index (χ2v) is 4.23. The maximum atomic E-state index is 5.85. The molecule has 0 radical (unpaired) electrons. The molecule has 0 aliphatic heterocycles. The lowest BCUT2D eigenvalue weighted by Gasteiger charge is -1.94. The summed E-state index contributed by atoms with van der Waals surface area (Å²) in [4.78, 5) is 4.22. The maximum Gasteiger partial charge on any atom is 0.185 e. The molecule has 0 bridgehead atoms. The Morgan fingerprint density at radius 1 is 0.944 bits per heavy atom. The molecule has 0 amide bonds. The number of hydrogen-bond acceptors (Lipinski definition) is 3. The van der Waals surface area contributed by atoms with Crippen LogP contribution >= 0.6 is 11.6 Å². The molecule has 0 unspecified atom stereocenters. The molecule has 0 spiro atoms. The van der Waals surface area contributed by atoms with Crippen LogP contribution in [0.25, 0.3) is 22.7 Å². The van der Waals surface area contributed by atoms with Crippen molar-refractivity contribution in [3.63, 3.8) is 0 Å². The van der Waals surface area contributed by atoms with E-state index >= 15 is 0 Å². The Morgan fingerprint density at radius 3 is 2.50 bits per heavy atom. The first-order valence-corrected chi connectivity index (χ1v) is 5.85. The summed E-state index contributed by atoms with van der Waals surface area (Å²) < 4.78 is 5.29. The molecule has 0 atom stereocenters. The van der Waals surface area contributed by atoms with Crippen molar-refractivity contribution in [2.24, 2.45) is 0 Å². The Kier molecular flexibility index (Phi) is 2.82. The predicted molar refractivity (Wildman–Crippen MR) is 70.2 cm³/mol. The van der Waals surface area contributed by atoms with Crippen molar-refractivity contribution in [2.75, 3.05) is 0 Å². The van der Waals surface area contributed by atoms with Crippen molar-refractivity contribution in [2.45, 2.75) is 0 Å². The normalized spacial score (nSPS) is 10.5. The minimum absolute atomic E-state index is 0.653. The van der Waals surface area contributed by atoms with Crippen molar-refractivity contribution >= 4 is 11.6 Å². The zero-order chi connectivity index (χ0) is 12.4. The van der Waals surface area contributed by atoms with Crippen molar-refractivity contribution in [1.82, 2.24) is 10.1 Å². The van der Waals surface area contributed by atoms with Gasteiger partial charge >= 0.3 is 0 Å². The van der Waals surface area contributed by atoms with Gasteiger partial charge in [0.2, 0.25) is 0 Å². The van der Waals surface area contributed by atoms with Crippen LogP contribution in [0.1, 0.15) is 0 Å². The van der Waals surface area contributed by atoms with E-state index < -0.39 is 0 Å². The van der Waals surface area contributed by atoms with Crippen LogP contribution in [0, 0.1) is 0 Å². The van der Waals surface area contributed by atoms with Crippen LogP contribution in [0.5, 0.6) is 0 Å². The average Bonchev–Trinajstić information content (AvgIpc) is 2.90. The van der Waals surface area contributed by atoms with E-state index in [0.29, 0.717) is 10.8 Å². The quantitative estimate of drug-likeness (QED) is 0.694. The SMILES string of the molecule is Clc1ccc(-c2cc(-c3ccccn3)on2)cc1. The molecule has 0 saturated heterocycles. The van der Waals surface area contributed by atoms with Crippen LogP contribution in [0.4, 0.5) is 0 Å². The smallest absolute Gasteiger partial charge is 0.185 e. The Labute approximate surface area is 109 Å². The highest BCUT2D eigenvalue weighted by atomic mass is 35.5. The Morgan fingerprint density at radius 2 is 1.78 bits per heavy atom. The summed E-state index contributed by atoms with van der Waals surface area (Å²) in [5.74, 6) is 0.653. The number of halogens is 1. The fraction of sp³-hybridized carbons (Fsp3) is 0. The van der Waals surface area contributed by atoms with Crippen LogP contribution in [0.2, 0.25) is 5.02 Å². The molecule has 3 nitrogen and oxygen atoms in total. The second-order valence-electron chi connectivity index (χ2n) is 3.80. The van der Waals surface area contributed by atoms with E-state index in [-0.39, 0.29) is 0 Å². The van der Waals surface area contributed by atoms with Crippen LogP contribution in [-0.2, 0) is 0 Å². The highest BCUT2D eigenvalue weighted by molar-refractivity contribution is 6.30. The molecule has 2 heterocycles. The Hall–Kier alpha value is -2.13. The number of nitrogens with zero attached hydrogens (tertiary/aromatic N) is 2. The third-order valence-corrected chi connectivity index (χ3v) is 2.82. The topological polar surface area (TPSA) is 38.9 Å². The molecule has 2 aromatic heterocycles. The molecule has 3 rings (SSSR count). The summed E-state index contributed by atoms with van der Waals surface area (Å²) in [7, 11) is 0. The van der Waals surface area contributed by atoms with E-state index in [0.717, 1.165) is 17.0 Å². The van der Waals surface area contributed by atoms with E-state index in [4.69, 9.17) is 16.1 Å². The molecule has 0 fully saturated rings. The van der Waals surface area contributed by atoms with E-state index in [1.54, 1.807) is 6.20 Å². The van der Waals surface area contributed by atoms with Gasteiger partial charge < -0.3 is 4.52 Å². The molecular weight excluding hydrogens is 248 g/mol. The van der Waals surface area contributed by atoms with Gasteiger partial charge in [-0.15, -0.1) is 0 Å². The highest BCUT2D eigenvalue weighted by Gasteiger charge is 2.08. The standard InChI is InChI=1S/C14H9ClN2O/c15-11-6-4-10(5-7-11)13-9-14(18-17-13)12-3-1-2-8-16-12/h1-9H. The number of pyridine rings is 1. The number of benzene rings is 1. The lowest BCUT2D eigenvalue weighted by atomic mass is 10.1. The summed E-state index contributed by atoms with van der Waals surface area (Å²) in [5.41, 5.74) is 2.50. The fourth-order valence-corrected chi connectivity index (χ4v) is 1.79. The average molecular weight is 257 g/mol. The van der Waals surface area contributed by atoms with Gasteiger partial charge in [-0.25, -0.2) is 0 Å². The first-order valence-electron chi connectivity index (χ1n) is 5.47. The Balaban J connectivity index is 1.97. The summed E-state index contributed by atoms with van der Waals surface area (Å²) in [5, 5.41) is 4.74. The zero-order valence-corrected chi connectivity index (χ0v) is 10.1. The molecule has 4 heteroatoms. The molecular formula is C14H9ClN2O. The zero-order valence-electron chi connectivity index (χ0n) is 9.38. The second kappa shape index (κ2) is 4.63. The highest BCUT2D eigenvalue weighted by Crippen LogP contribution is 2.25. The molecule has 1 aromatic carbocycles. The van der Waals surface area contributed by atoms with Gasteiger partial charge in [0.15, 0.2) is 5.76 Å². The van der Waals surface area contributed by atoms with Crippen molar-refractivity contribution in [1.29, 1.82) is 0 Å². The third-order valence-electron chi connectivity index (χ3n) is 2.57.